The standard InChI is InChI=1S/C27H32N8O4/c1-17-8-9-21(25(38)31-17)35-16-19-18(26(35)39)5-2-6-20(19)32-23(36)15-30-22-10-12-29-27(33-22)28-11-4-14-34-13-3-7-24(34)37/h2,5-6,10,12,21H,1,3-4,7-9,11,13-16H2,(H,31,38)(H,32,36)(H2,28,29,30,33). The molecule has 4 amide bonds. The number of rotatable bonds is 10. The minimum absolute atomic E-state index is 0.0397. The predicted molar refractivity (Wildman–Crippen MR) is 145 cm³/mol. The van der Waals surface area contributed by atoms with Crippen LogP contribution in [0.1, 0.15) is 48.0 Å². The van der Waals surface area contributed by atoms with Crippen molar-refractivity contribution in [1.29, 1.82) is 0 Å². The maximum atomic E-state index is 13.0. The maximum Gasteiger partial charge on any atom is 0.255 e. The molecule has 12 heteroatoms. The van der Waals surface area contributed by atoms with Crippen LogP contribution in [-0.2, 0) is 20.9 Å². The molecule has 4 heterocycles. The summed E-state index contributed by atoms with van der Waals surface area (Å²) in [6.07, 6.45) is 5.08. The molecule has 1 aromatic heterocycles. The Bertz CT molecular complexity index is 1310. The number of piperidine rings is 1. The summed E-state index contributed by atoms with van der Waals surface area (Å²) in [5.41, 5.74) is 2.37. The summed E-state index contributed by atoms with van der Waals surface area (Å²) >= 11 is 0. The molecule has 1 aromatic carbocycles. The van der Waals surface area contributed by atoms with Crippen LogP contribution in [-0.4, -0.2) is 75.6 Å². The first kappa shape index (κ1) is 26.1. The highest BCUT2D eigenvalue weighted by atomic mass is 16.2. The van der Waals surface area contributed by atoms with Gasteiger partial charge in [-0.3, -0.25) is 19.2 Å². The second kappa shape index (κ2) is 11.5. The van der Waals surface area contributed by atoms with Crippen LogP contribution in [0.3, 0.4) is 0 Å². The quantitative estimate of drug-likeness (QED) is 0.338. The number of benzene rings is 1. The van der Waals surface area contributed by atoms with Gasteiger partial charge in [-0.2, -0.15) is 4.98 Å². The van der Waals surface area contributed by atoms with E-state index in [0.29, 0.717) is 66.6 Å². The molecule has 204 valence electrons. The van der Waals surface area contributed by atoms with Gasteiger partial charge in [0, 0.05) is 61.3 Å². The summed E-state index contributed by atoms with van der Waals surface area (Å²) in [5, 5.41) is 11.8. The number of carbonyl (C=O) groups is 4. The zero-order valence-corrected chi connectivity index (χ0v) is 21.7. The van der Waals surface area contributed by atoms with Gasteiger partial charge in [0.2, 0.25) is 23.7 Å². The molecule has 2 fully saturated rings. The second-order valence-corrected chi connectivity index (χ2v) is 9.84. The minimum atomic E-state index is -0.566. The fourth-order valence-electron chi connectivity index (χ4n) is 5.10. The Morgan fingerprint density at radius 3 is 2.82 bits per heavy atom. The lowest BCUT2D eigenvalue weighted by atomic mass is 10.0. The third kappa shape index (κ3) is 6.00. The lowest BCUT2D eigenvalue weighted by Crippen LogP contribution is -2.49. The topological polar surface area (TPSA) is 149 Å². The molecule has 0 radical (unpaired) electrons. The van der Waals surface area contributed by atoms with E-state index in [1.165, 1.54) is 0 Å². The molecular weight excluding hydrogens is 500 g/mol. The van der Waals surface area contributed by atoms with E-state index < -0.39 is 6.04 Å². The Morgan fingerprint density at radius 1 is 1.15 bits per heavy atom. The van der Waals surface area contributed by atoms with Gasteiger partial charge in [-0.15, -0.1) is 0 Å². The molecule has 0 bridgehead atoms. The van der Waals surface area contributed by atoms with Crippen molar-refractivity contribution < 1.29 is 19.2 Å². The van der Waals surface area contributed by atoms with Gasteiger partial charge in [0.05, 0.1) is 6.54 Å². The number of likely N-dealkylation sites (tertiary alicyclic amines) is 1. The number of hydrogen-bond acceptors (Lipinski definition) is 8. The number of fused-ring (bicyclic) bond motifs is 1. The summed E-state index contributed by atoms with van der Waals surface area (Å²) in [5.74, 6) is 0.375. The molecule has 0 saturated carbocycles. The SMILES string of the molecule is C=C1CCC(N2Cc3c(NC(=O)CNc4ccnc(NCCCN5CCCC5=O)n4)cccc3C2=O)C(=O)N1. The molecule has 2 aromatic rings. The fourth-order valence-corrected chi connectivity index (χ4v) is 5.10. The highest BCUT2D eigenvalue weighted by molar-refractivity contribution is 6.04. The van der Waals surface area contributed by atoms with E-state index in [1.807, 2.05) is 4.90 Å². The largest absolute Gasteiger partial charge is 0.361 e. The van der Waals surface area contributed by atoms with E-state index in [-0.39, 0.29) is 36.7 Å². The Kier molecular flexibility index (Phi) is 7.71. The van der Waals surface area contributed by atoms with Crippen LogP contribution in [0.2, 0.25) is 0 Å². The third-order valence-electron chi connectivity index (χ3n) is 7.11. The summed E-state index contributed by atoms with van der Waals surface area (Å²) < 4.78 is 0. The van der Waals surface area contributed by atoms with Crippen LogP contribution in [0, 0.1) is 0 Å². The maximum absolute atomic E-state index is 13.0. The fraction of sp³-hybridized carbons (Fsp3) is 0.407. The number of nitrogens with one attached hydrogen (secondary N) is 4. The molecule has 0 aliphatic carbocycles. The van der Waals surface area contributed by atoms with Crippen molar-refractivity contribution in [3.8, 4) is 0 Å². The summed E-state index contributed by atoms with van der Waals surface area (Å²) in [4.78, 5) is 62.0. The highest BCUT2D eigenvalue weighted by Gasteiger charge is 2.39. The van der Waals surface area contributed by atoms with Gasteiger partial charge in [-0.1, -0.05) is 12.6 Å². The van der Waals surface area contributed by atoms with Crippen LogP contribution in [0.4, 0.5) is 17.5 Å². The van der Waals surface area contributed by atoms with Gasteiger partial charge in [0.1, 0.15) is 11.9 Å². The van der Waals surface area contributed by atoms with Crippen molar-refractivity contribution in [3.63, 3.8) is 0 Å². The third-order valence-corrected chi connectivity index (χ3v) is 7.11. The Balaban J connectivity index is 1.12. The molecule has 3 aliphatic rings. The van der Waals surface area contributed by atoms with Crippen molar-refractivity contribution in [2.45, 2.75) is 44.7 Å². The Hall–Kier alpha value is -4.48. The zero-order chi connectivity index (χ0) is 27.4. The van der Waals surface area contributed by atoms with Crippen LogP contribution in [0.5, 0.6) is 0 Å². The van der Waals surface area contributed by atoms with E-state index in [9.17, 15) is 19.2 Å². The molecule has 4 N–H and O–H groups in total. The van der Waals surface area contributed by atoms with E-state index in [4.69, 9.17) is 0 Å². The van der Waals surface area contributed by atoms with Gasteiger partial charge < -0.3 is 31.1 Å². The molecule has 3 aliphatic heterocycles. The van der Waals surface area contributed by atoms with Crippen LogP contribution >= 0.6 is 0 Å². The molecule has 0 spiro atoms. The highest BCUT2D eigenvalue weighted by Crippen LogP contribution is 2.32. The van der Waals surface area contributed by atoms with Gasteiger partial charge in [0.15, 0.2) is 0 Å². The monoisotopic (exact) mass is 532 g/mol. The van der Waals surface area contributed by atoms with E-state index in [1.54, 1.807) is 35.4 Å². The summed E-state index contributed by atoms with van der Waals surface area (Å²) in [6, 6.07) is 6.28. The van der Waals surface area contributed by atoms with Crippen molar-refractivity contribution in [2.24, 2.45) is 0 Å². The normalized spacial score (nSPS) is 18.7. The number of hydrogen-bond donors (Lipinski definition) is 4. The minimum Gasteiger partial charge on any atom is -0.361 e. The summed E-state index contributed by atoms with van der Waals surface area (Å²) in [6.45, 7) is 6.16. The first-order chi connectivity index (χ1) is 18.9. The van der Waals surface area contributed by atoms with Crippen LogP contribution in [0.25, 0.3) is 0 Å². The number of anilines is 3. The van der Waals surface area contributed by atoms with E-state index >= 15 is 0 Å². The molecule has 39 heavy (non-hydrogen) atoms. The molecule has 12 nitrogen and oxygen atoms in total. The number of allylic oxidation sites excluding steroid dienone is 1. The lowest BCUT2D eigenvalue weighted by molar-refractivity contribution is -0.128. The molecular formula is C27H32N8O4. The van der Waals surface area contributed by atoms with Gasteiger partial charge in [-0.05, 0) is 43.9 Å². The average molecular weight is 533 g/mol. The number of carbonyl (C=O) groups excluding carboxylic acids is 4. The molecule has 1 atom stereocenters. The van der Waals surface area contributed by atoms with Crippen LogP contribution in [0.15, 0.2) is 42.7 Å². The average Bonchev–Trinajstić information content (AvgIpc) is 3.49. The zero-order valence-electron chi connectivity index (χ0n) is 21.7. The van der Waals surface area contributed by atoms with Crippen molar-refractivity contribution >= 4 is 41.1 Å². The van der Waals surface area contributed by atoms with Gasteiger partial charge in [-0.25, -0.2) is 4.98 Å². The van der Waals surface area contributed by atoms with E-state index in [0.717, 1.165) is 19.4 Å². The number of amides is 4. The van der Waals surface area contributed by atoms with Crippen molar-refractivity contribution in [3.05, 3.63) is 53.9 Å². The summed E-state index contributed by atoms with van der Waals surface area (Å²) in [7, 11) is 0. The molecule has 5 rings (SSSR count). The Labute approximate surface area is 226 Å². The second-order valence-electron chi connectivity index (χ2n) is 9.84. The first-order valence-electron chi connectivity index (χ1n) is 13.2. The lowest BCUT2D eigenvalue weighted by Gasteiger charge is -2.31. The van der Waals surface area contributed by atoms with Crippen LogP contribution < -0.4 is 21.3 Å². The number of aromatic nitrogens is 2. The Morgan fingerprint density at radius 2 is 2.03 bits per heavy atom. The van der Waals surface area contributed by atoms with E-state index in [2.05, 4.69) is 37.8 Å². The van der Waals surface area contributed by atoms with Gasteiger partial charge >= 0.3 is 0 Å². The first-order valence-corrected chi connectivity index (χ1v) is 13.2. The predicted octanol–water partition coefficient (Wildman–Crippen LogP) is 1.70. The van der Waals surface area contributed by atoms with Gasteiger partial charge in [0.25, 0.3) is 5.91 Å². The smallest absolute Gasteiger partial charge is 0.255 e. The molecule has 1 unspecified atom stereocenters. The molecule has 2 saturated heterocycles. The number of nitrogens with zero attached hydrogens (tertiary/aromatic N) is 4. The van der Waals surface area contributed by atoms with Crippen molar-refractivity contribution in [2.75, 3.05) is 42.1 Å². The van der Waals surface area contributed by atoms with Crippen molar-refractivity contribution in [1.82, 2.24) is 25.1 Å².